The van der Waals surface area contributed by atoms with E-state index in [0.717, 1.165) is 11.0 Å². The molecule has 0 bridgehead atoms. The lowest BCUT2D eigenvalue weighted by molar-refractivity contribution is 0.494. The van der Waals surface area contributed by atoms with Crippen LogP contribution in [0.1, 0.15) is 30.5 Å². The Hall–Kier alpha value is -2.35. The minimum Gasteiger partial charge on any atom is -0.459 e. The molecule has 1 fully saturated rings. The highest BCUT2D eigenvalue weighted by Gasteiger charge is 2.30. The van der Waals surface area contributed by atoms with Crippen molar-refractivity contribution in [3.8, 4) is 11.7 Å². The molecule has 1 aliphatic carbocycles. The fourth-order valence-electron chi connectivity index (χ4n) is 2.29. The Labute approximate surface area is 136 Å². The zero-order valence-electron chi connectivity index (χ0n) is 12.4. The zero-order valence-corrected chi connectivity index (χ0v) is 13.2. The third-order valence-electron chi connectivity index (χ3n) is 3.52. The van der Waals surface area contributed by atoms with Gasteiger partial charge in [-0.05, 0) is 25.0 Å². The molecule has 0 unspecified atom stereocenters. The minimum atomic E-state index is 0.386. The molecule has 0 N–H and O–H groups in total. The van der Waals surface area contributed by atoms with Crippen LogP contribution in [0.15, 0.2) is 45.0 Å². The first-order chi connectivity index (χ1) is 11.3. The average molecular weight is 329 g/mol. The summed E-state index contributed by atoms with van der Waals surface area (Å²) in [6.07, 6.45) is 5.82. The predicted octanol–water partition coefficient (Wildman–Crippen LogP) is 3.28. The average Bonchev–Trinajstić information content (AvgIpc) is 2.97. The van der Waals surface area contributed by atoms with Crippen LogP contribution in [0.3, 0.4) is 0 Å². The summed E-state index contributed by atoms with van der Waals surface area (Å²) >= 11 is 1.53. The van der Waals surface area contributed by atoms with Crippen molar-refractivity contribution in [2.75, 3.05) is 0 Å². The summed E-state index contributed by atoms with van der Waals surface area (Å²) in [6.45, 7) is 4.52. The van der Waals surface area contributed by atoms with Gasteiger partial charge in [-0.25, -0.2) is 0 Å². The molecule has 1 aliphatic rings. The quantitative estimate of drug-likeness (QED) is 0.486. The van der Waals surface area contributed by atoms with Gasteiger partial charge in [-0.2, -0.15) is 0 Å². The van der Waals surface area contributed by atoms with Crippen molar-refractivity contribution in [2.24, 2.45) is 0 Å². The van der Waals surface area contributed by atoms with Crippen LogP contribution < -0.4 is 0 Å². The molecule has 1 saturated carbocycles. The van der Waals surface area contributed by atoms with E-state index in [1.54, 1.807) is 18.4 Å². The Morgan fingerprint density at radius 3 is 2.96 bits per heavy atom. The van der Waals surface area contributed by atoms with Gasteiger partial charge in [0.05, 0.1) is 12.0 Å². The Balaban J connectivity index is 1.47. The molecule has 0 atom stereocenters. The highest BCUT2D eigenvalue weighted by Crippen LogP contribution is 2.40. The number of hydrogen-bond donors (Lipinski definition) is 0. The summed E-state index contributed by atoms with van der Waals surface area (Å²) in [4.78, 5) is 0. The summed E-state index contributed by atoms with van der Waals surface area (Å²) in [7, 11) is 0. The lowest BCUT2D eigenvalue weighted by Crippen LogP contribution is -2.02. The van der Waals surface area contributed by atoms with Crippen molar-refractivity contribution in [3.63, 3.8) is 0 Å². The SMILES string of the molecule is C=CCn1c(SCc2nnc(-c3ccco3)o2)nnc1C1CC1. The van der Waals surface area contributed by atoms with E-state index in [4.69, 9.17) is 8.83 Å². The highest BCUT2D eigenvalue weighted by atomic mass is 32.2. The molecule has 118 valence electrons. The summed E-state index contributed by atoms with van der Waals surface area (Å²) in [6, 6.07) is 3.57. The maximum absolute atomic E-state index is 5.60. The van der Waals surface area contributed by atoms with E-state index in [0.29, 0.717) is 35.8 Å². The molecule has 3 aromatic rings. The number of thioether (sulfide) groups is 1. The number of aromatic nitrogens is 5. The second-order valence-corrected chi connectivity index (χ2v) is 6.22. The highest BCUT2D eigenvalue weighted by molar-refractivity contribution is 7.98. The van der Waals surface area contributed by atoms with Crippen molar-refractivity contribution in [2.45, 2.75) is 36.2 Å². The van der Waals surface area contributed by atoms with Crippen molar-refractivity contribution < 1.29 is 8.83 Å². The first kappa shape index (κ1) is 14.3. The van der Waals surface area contributed by atoms with Gasteiger partial charge in [-0.3, -0.25) is 0 Å². The molecule has 4 rings (SSSR count). The Kier molecular flexibility index (Phi) is 3.74. The Bertz CT molecular complexity index is 804. The second kappa shape index (κ2) is 6.04. The molecule has 0 saturated heterocycles. The number of nitrogens with zero attached hydrogens (tertiary/aromatic N) is 5. The van der Waals surface area contributed by atoms with Crippen LogP contribution in [0.4, 0.5) is 0 Å². The first-order valence-electron chi connectivity index (χ1n) is 7.38. The fraction of sp³-hybridized carbons (Fsp3) is 0.333. The Morgan fingerprint density at radius 2 is 2.22 bits per heavy atom. The summed E-state index contributed by atoms with van der Waals surface area (Å²) in [5, 5.41) is 17.5. The first-order valence-corrected chi connectivity index (χ1v) is 8.36. The van der Waals surface area contributed by atoms with E-state index in [-0.39, 0.29) is 0 Å². The van der Waals surface area contributed by atoms with Crippen molar-refractivity contribution in [1.29, 1.82) is 0 Å². The van der Waals surface area contributed by atoms with Crippen molar-refractivity contribution in [3.05, 3.63) is 42.8 Å². The molecule has 23 heavy (non-hydrogen) atoms. The molecule has 0 spiro atoms. The van der Waals surface area contributed by atoms with E-state index in [1.807, 2.05) is 6.08 Å². The number of furan rings is 1. The van der Waals surface area contributed by atoms with Crippen LogP contribution in [-0.4, -0.2) is 25.0 Å². The lowest BCUT2D eigenvalue weighted by Gasteiger charge is -2.05. The molecule has 0 radical (unpaired) electrons. The molecule has 7 nitrogen and oxygen atoms in total. The van der Waals surface area contributed by atoms with Gasteiger partial charge in [-0.1, -0.05) is 17.8 Å². The molecule has 3 heterocycles. The topological polar surface area (TPSA) is 82.8 Å². The Morgan fingerprint density at radius 1 is 1.30 bits per heavy atom. The van der Waals surface area contributed by atoms with Gasteiger partial charge < -0.3 is 13.4 Å². The van der Waals surface area contributed by atoms with Gasteiger partial charge in [0, 0.05) is 12.5 Å². The third kappa shape index (κ3) is 2.94. The van der Waals surface area contributed by atoms with E-state index in [2.05, 4.69) is 31.5 Å². The third-order valence-corrected chi connectivity index (χ3v) is 4.47. The summed E-state index contributed by atoms with van der Waals surface area (Å²) in [5.74, 6) is 3.62. The summed E-state index contributed by atoms with van der Waals surface area (Å²) < 4.78 is 13.0. The number of hydrogen-bond acceptors (Lipinski definition) is 7. The molecule has 3 aromatic heterocycles. The van der Waals surface area contributed by atoms with E-state index in [9.17, 15) is 0 Å². The van der Waals surface area contributed by atoms with Gasteiger partial charge >= 0.3 is 0 Å². The van der Waals surface area contributed by atoms with Crippen LogP contribution in [0.2, 0.25) is 0 Å². The van der Waals surface area contributed by atoms with Crippen LogP contribution in [0, 0.1) is 0 Å². The standard InChI is InChI=1S/C15H15N5O2S/c1-2-7-20-13(10-5-6-10)17-19-15(20)23-9-12-16-18-14(22-12)11-4-3-8-21-11/h2-4,8,10H,1,5-7,9H2. The normalized spacial score (nSPS) is 14.3. The molecular formula is C15H15N5O2S. The van der Waals surface area contributed by atoms with Crippen LogP contribution >= 0.6 is 11.8 Å². The molecular weight excluding hydrogens is 314 g/mol. The predicted molar refractivity (Wildman–Crippen MR) is 83.8 cm³/mol. The smallest absolute Gasteiger partial charge is 0.283 e. The summed E-state index contributed by atoms with van der Waals surface area (Å²) in [5.41, 5.74) is 0. The van der Waals surface area contributed by atoms with Crippen LogP contribution in [0.25, 0.3) is 11.7 Å². The van der Waals surface area contributed by atoms with Gasteiger partial charge in [-0.15, -0.1) is 27.0 Å². The van der Waals surface area contributed by atoms with E-state index >= 15 is 0 Å². The van der Waals surface area contributed by atoms with Gasteiger partial charge in [0.15, 0.2) is 10.9 Å². The van der Waals surface area contributed by atoms with E-state index < -0.39 is 0 Å². The van der Waals surface area contributed by atoms with Crippen LogP contribution in [0.5, 0.6) is 0 Å². The molecule has 0 aromatic carbocycles. The maximum Gasteiger partial charge on any atom is 0.283 e. The minimum absolute atomic E-state index is 0.386. The monoisotopic (exact) mass is 329 g/mol. The zero-order chi connectivity index (χ0) is 15.6. The number of allylic oxidation sites excluding steroid dienone is 1. The maximum atomic E-state index is 5.60. The van der Waals surface area contributed by atoms with Gasteiger partial charge in [0.25, 0.3) is 5.89 Å². The lowest BCUT2D eigenvalue weighted by atomic mass is 10.4. The largest absolute Gasteiger partial charge is 0.459 e. The fourth-order valence-corrected chi connectivity index (χ4v) is 3.08. The number of rotatable bonds is 7. The van der Waals surface area contributed by atoms with Gasteiger partial charge in [0.2, 0.25) is 5.89 Å². The molecule has 0 amide bonds. The second-order valence-electron chi connectivity index (χ2n) is 5.28. The van der Waals surface area contributed by atoms with Gasteiger partial charge in [0.1, 0.15) is 5.82 Å². The molecule has 8 heteroatoms. The van der Waals surface area contributed by atoms with E-state index in [1.165, 1.54) is 24.6 Å². The molecule has 0 aliphatic heterocycles. The van der Waals surface area contributed by atoms with Crippen molar-refractivity contribution >= 4 is 11.8 Å². The van der Waals surface area contributed by atoms with Crippen LogP contribution in [-0.2, 0) is 12.3 Å². The van der Waals surface area contributed by atoms with Crippen molar-refractivity contribution in [1.82, 2.24) is 25.0 Å².